The lowest BCUT2D eigenvalue weighted by molar-refractivity contribution is 0.0605. The van der Waals surface area contributed by atoms with Crippen molar-refractivity contribution in [1.29, 1.82) is 0 Å². The average Bonchev–Trinajstić information content (AvgIpc) is 2.73. The number of hydrogen-bond donors (Lipinski definition) is 0. The molecule has 3 heteroatoms. The van der Waals surface area contributed by atoms with Crippen molar-refractivity contribution in [1.82, 2.24) is 9.78 Å². The van der Waals surface area contributed by atoms with E-state index in [1.807, 2.05) is 6.20 Å². The molecule has 0 atom stereocenters. The van der Waals surface area contributed by atoms with Crippen molar-refractivity contribution in [3.05, 3.63) is 30.0 Å². The molecule has 0 saturated carbocycles. The molecule has 1 aromatic carbocycles. The highest BCUT2D eigenvalue weighted by Gasteiger charge is 2.15. The Labute approximate surface area is 101 Å². The number of rotatable bonds is 2. The fraction of sp³-hybridized carbons (Fsp3) is 0.500. The van der Waals surface area contributed by atoms with Gasteiger partial charge in [-0.05, 0) is 37.8 Å². The van der Waals surface area contributed by atoms with E-state index in [1.165, 1.54) is 16.5 Å². The molecule has 0 amide bonds. The van der Waals surface area contributed by atoms with Gasteiger partial charge in [0.15, 0.2) is 0 Å². The third kappa shape index (κ3) is 2.20. The largest absolute Gasteiger partial charge is 0.381 e. The van der Waals surface area contributed by atoms with Gasteiger partial charge in [0.05, 0.1) is 11.7 Å². The number of fused-ring (bicyclic) bond motifs is 1. The first-order valence-corrected chi connectivity index (χ1v) is 6.33. The van der Waals surface area contributed by atoms with Gasteiger partial charge in [0.25, 0.3) is 0 Å². The average molecular weight is 230 g/mol. The minimum atomic E-state index is 0.716. The second-order valence-electron chi connectivity index (χ2n) is 4.94. The predicted octanol–water partition coefficient (Wildman–Crippen LogP) is 2.77. The zero-order valence-electron chi connectivity index (χ0n) is 10.2. The van der Waals surface area contributed by atoms with Gasteiger partial charge >= 0.3 is 0 Å². The van der Waals surface area contributed by atoms with Crippen LogP contribution in [0, 0.1) is 12.8 Å². The van der Waals surface area contributed by atoms with Crippen LogP contribution in [0.25, 0.3) is 10.9 Å². The van der Waals surface area contributed by atoms with Crippen molar-refractivity contribution in [2.45, 2.75) is 26.3 Å². The van der Waals surface area contributed by atoms with Crippen LogP contribution in [-0.2, 0) is 11.3 Å². The molecule has 0 bridgehead atoms. The molecule has 90 valence electrons. The molecule has 1 saturated heterocycles. The molecule has 0 aliphatic carbocycles. The van der Waals surface area contributed by atoms with Gasteiger partial charge in [0.2, 0.25) is 0 Å². The number of benzene rings is 1. The molecule has 2 heterocycles. The second kappa shape index (κ2) is 4.49. The van der Waals surface area contributed by atoms with E-state index in [0.717, 1.165) is 32.6 Å². The maximum atomic E-state index is 5.39. The number of hydrogen-bond acceptors (Lipinski definition) is 2. The Bertz CT molecular complexity index is 512. The van der Waals surface area contributed by atoms with E-state index in [2.05, 4.69) is 34.9 Å². The first-order valence-electron chi connectivity index (χ1n) is 6.33. The second-order valence-corrected chi connectivity index (χ2v) is 4.94. The third-order valence-corrected chi connectivity index (χ3v) is 3.57. The van der Waals surface area contributed by atoms with E-state index in [0.29, 0.717) is 5.92 Å². The first kappa shape index (κ1) is 10.8. The molecule has 1 aromatic heterocycles. The Hall–Kier alpha value is -1.35. The van der Waals surface area contributed by atoms with Gasteiger partial charge in [-0.1, -0.05) is 11.6 Å². The standard InChI is InChI=1S/C14H18N2O/c1-11-2-3-14-13(8-11)9-15-16(14)10-12-4-6-17-7-5-12/h2-3,8-9,12H,4-7,10H2,1H3. The molecule has 0 N–H and O–H groups in total. The number of nitrogens with zero attached hydrogens (tertiary/aromatic N) is 2. The van der Waals surface area contributed by atoms with E-state index in [-0.39, 0.29) is 0 Å². The van der Waals surface area contributed by atoms with Crippen LogP contribution in [0.15, 0.2) is 24.4 Å². The van der Waals surface area contributed by atoms with Gasteiger partial charge in [0, 0.05) is 25.1 Å². The molecule has 0 spiro atoms. The monoisotopic (exact) mass is 230 g/mol. The predicted molar refractivity (Wildman–Crippen MR) is 68.0 cm³/mol. The summed E-state index contributed by atoms with van der Waals surface area (Å²) in [4.78, 5) is 0. The van der Waals surface area contributed by atoms with Crippen molar-refractivity contribution in [2.75, 3.05) is 13.2 Å². The smallest absolute Gasteiger partial charge is 0.0682 e. The van der Waals surface area contributed by atoms with Crippen LogP contribution < -0.4 is 0 Å². The van der Waals surface area contributed by atoms with Crippen LogP contribution in [0.2, 0.25) is 0 Å². The highest BCUT2D eigenvalue weighted by atomic mass is 16.5. The summed E-state index contributed by atoms with van der Waals surface area (Å²) in [5, 5.41) is 5.75. The topological polar surface area (TPSA) is 27.1 Å². The SMILES string of the molecule is Cc1ccc2c(cnn2CC2CCOCC2)c1. The zero-order chi connectivity index (χ0) is 11.7. The van der Waals surface area contributed by atoms with E-state index in [9.17, 15) is 0 Å². The van der Waals surface area contributed by atoms with Crippen LogP contribution in [0.4, 0.5) is 0 Å². The fourth-order valence-corrected chi connectivity index (χ4v) is 2.53. The van der Waals surface area contributed by atoms with Crippen LogP contribution in [-0.4, -0.2) is 23.0 Å². The highest BCUT2D eigenvalue weighted by molar-refractivity contribution is 5.79. The lowest BCUT2D eigenvalue weighted by Crippen LogP contribution is -2.20. The van der Waals surface area contributed by atoms with Gasteiger partial charge in [-0.15, -0.1) is 0 Å². The number of aryl methyl sites for hydroxylation is 1. The van der Waals surface area contributed by atoms with Crippen LogP contribution >= 0.6 is 0 Å². The zero-order valence-corrected chi connectivity index (χ0v) is 10.2. The molecule has 0 unspecified atom stereocenters. The summed E-state index contributed by atoms with van der Waals surface area (Å²) in [5.41, 5.74) is 2.55. The minimum absolute atomic E-state index is 0.716. The Balaban J connectivity index is 1.84. The summed E-state index contributed by atoms with van der Waals surface area (Å²) in [7, 11) is 0. The molecule has 17 heavy (non-hydrogen) atoms. The van der Waals surface area contributed by atoms with Crippen molar-refractivity contribution in [3.8, 4) is 0 Å². The summed E-state index contributed by atoms with van der Waals surface area (Å²) in [6, 6.07) is 6.53. The lowest BCUT2D eigenvalue weighted by atomic mass is 10.0. The van der Waals surface area contributed by atoms with Gasteiger partial charge in [-0.3, -0.25) is 4.68 Å². The van der Waals surface area contributed by atoms with E-state index in [1.54, 1.807) is 0 Å². The minimum Gasteiger partial charge on any atom is -0.381 e. The molecule has 3 nitrogen and oxygen atoms in total. The van der Waals surface area contributed by atoms with Crippen LogP contribution in [0.3, 0.4) is 0 Å². The Morgan fingerprint density at radius 1 is 1.35 bits per heavy atom. The number of ether oxygens (including phenoxy) is 1. The Morgan fingerprint density at radius 3 is 3.00 bits per heavy atom. The van der Waals surface area contributed by atoms with Crippen molar-refractivity contribution >= 4 is 10.9 Å². The Morgan fingerprint density at radius 2 is 2.18 bits per heavy atom. The van der Waals surface area contributed by atoms with Crippen molar-refractivity contribution < 1.29 is 4.74 Å². The summed E-state index contributed by atoms with van der Waals surface area (Å²) in [5.74, 6) is 0.716. The van der Waals surface area contributed by atoms with E-state index >= 15 is 0 Å². The van der Waals surface area contributed by atoms with E-state index in [4.69, 9.17) is 4.74 Å². The van der Waals surface area contributed by atoms with Gasteiger partial charge < -0.3 is 4.74 Å². The third-order valence-electron chi connectivity index (χ3n) is 3.57. The van der Waals surface area contributed by atoms with Gasteiger partial charge in [-0.2, -0.15) is 5.10 Å². The highest BCUT2D eigenvalue weighted by Crippen LogP contribution is 2.20. The molecule has 1 fully saturated rings. The normalized spacial score (nSPS) is 17.7. The first-order chi connectivity index (χ1) is 8.33. The molecule has 2 aromatic rings. The summed E-state index contributed by atoms with van der Waals surface area (Å²) >= 11 is 0. The van der Waals surface area contributed by atoms with Gasteiger partial charge in [-0.25, -0.2) is 0 Å². The molecule has 1 aliphatic rings. The van der Waals surface area contributed by atoms with E-state index < -0.39 is 0 Å². The van der Waals surface area contributed by atoms with Gasteiger partial charge in [0.1, 0.15) is 0 Å². The molecule has 1 aliphatic heterocycles. The summed E-state index contributed by atoms with van der Waals surface area (Å²) in [6.07, 6.45) is 4.29. The fourth-order valence-electron chi connectivity index (χ4n) is 2.53. The quantitative estimate of drug-likeness (QED) is 0.793. The van der Waals surface area contributed by atoms with Crippen molar-refractivity contribution in [3.63, 3.8) is 0 Å². The molecule has 0 radical (unpaired) electrons. The number of aromatic nitrogens is 2. The Kier molecular flexibility index (Phi) is 2.85. The van der Waals surface area contributed by atoms with Crippen molar-refractivity contribution in [2.24, 2.45) is 5.92 Å². The maximum Gasteiger partial charge on any atom is 0.0682 e. The maximum absolute atomic E-state index is 5.39. The lowest BCUT2D eigenvalue weighted by Gasteiger charge is -2.22. The molecular weight excluding hydrogens is 212 g/mol. The summed E-state index contributed by atoms with van der Waals surface area (Å²) < 4.78 is 7.54. The molecule has 3 rings (SSSR count). The molecular formula is C14H18N2O. The summed E-state index contributed by atoms with van der Waals surface area (Å²) in [6.45, 7) is 4.96. The van der Waals surface area contributed by atoms with Crippen LogP contribution in [0.1, 0.15) is 18.4 Å². The van der Waals surface area contributed by atoms with Crippen LogP contribution in [0.5, 0.6) is 0 Å².